The SMILES string of the molecule is Cc1cc([CH][C@@H](C)C(N)=O)cc(C)c1Cl. The van der Waals surface area contributed by atoms with Gasteiger partial charge in [0.1, 0.15) is 0 Å². The van der Waals surface area contributed by atoms with E-state index in [4.69, 9.17) is 17.3 Å². The van der Waals surface area contributed by atoms with Crippen molar-refractivity contribution in [2.24, 2.45) is 11.7 Å². The molecule has 1 aromatic rings. The molecule has 2 nitrogen and oxygen atoms in total. The highest BCUT2D eigenvalue weighted by Crippen LogP contribution is 2.23. The minimum Gasteiger partial charge on any atom is -0.369 e. The summed E-state index contributed by atoms with van der Waals surface area (Å²) in [5.74, 6) is -0.578. The van der Waals surface area contributed by atoms with Crippen LogP contribution in [0.4, 0.5) is 0 Å². The van der Waals surface area contributed by atoms with Crippen molar-refractivity contribution in [3.05, 3.63) is 40.3 Å². The molecule has 1 amide bonds. The van der Waals surface area contributed by atoms with Gasteiger partial charge in [0.25, 0.3) is 0 Å². The number of hydrogen-bond donors (Lipinski definition) is 1. The quantitative estimate of drug-likeness (QED) is 0.843. The van der Waals surface area contributed by atoms with Crippen molar-refractivity contribution in [2.45, 2.75) is 20.8 Å². The van der Waals surface area contributed by atoms with Crippen LogP contribution in [-0.2, 0) is 4.79 Å². The molecule has 1 atom stereocenters. The first-order valence-corrected chi connectivity index (χ1v) is 5.20. The van der Waals surface area contributed by atoms with Gasteiger partial charge in [-0.05, 0) is 30.5 Å². The maximum absolute atomic E-state index is 10.9. The van der Waals surface area contributed by atoms with Crippen LogP contribution >= 0.6 is 11.6 Å². The van der Waals surface area contributed by atoms with Crippen molar-refractivity contribution in [3.63, 3.8) is 0 Å². The van der Waals surface area contributed by atoms with Crippen LogP contribution in [0.25, 0.3) is 0 Å². The van der Waals surface area contributed by atoms with Crippen molar-refractivity contribution in [3.8, 4) is 0 Å². The van der Waals surface area contributed by atoms with Crippen LogP contribution in [0.1, 0.15) is 23.6 Å². The van der Waals surface area contributed by atoms with E-state index in [1.54, 1.807) is 6.92 Å². The summed E-state index contributed by atoms with van der Waals surface area (Å²) in [5.41, 5.74) is 8.21. The monoisotopic (exact) mass is 224 g/mol. The molecule has 2 N–H and O–H groups in total. The molecule has 81 valence electrons. The third kappa shape index (κ3) is 2.96. The van der Waals surface area contributed by atoms with E-state index in [0.29, 0.717) is 0 Å². The van der Waals surface area contributed by atoms with Crippen molar-refractivity contribution >= 4 is 17.5 Å². The van der Waals surface area contributed by atoms with Crippen LogP contribution in [-0.4, -0.2) is 5.91 Å². The first kappa shape index (κ1) is 12.1. The van der Waals surface area contributed by atoms with Crippen LogP contribution in [0.5, 0.6) is 0 Å². The Bertz CT molecular complexity index is 364. The lowest BCUT2D eigenvalue weighted by Gasteiger charge is -2.10. The van der Waals surface area contributed by atoms with E-state index in [-0.39, 0.29) is 11.8 Å². The molecule has 0 saturated heterocycles. The van der Waals surface area contributed by atoms with E-state index in [1.165, 1.54) is 0 Å². The molecule has 0 aromatic heterocycles. The van der Waals surface area contributed by atoms with Gasteiger partial charge >= 0.3 is 0 Å². The molecule has 0 aliphatic heterocycles. The summed E-state index contributed by atoms with van der Waals surface area (Å²) in [6, 6.07) is 3.91. The fraction of sp³-hybridized carbons (Fsp3) is 0.333. The molecule has 0 aliphatic rings. The van der Waals surface area contributed by atoms with Gasteiger partial charge < -0.3 is 5.73 Å². The number of halogens is 1. The molecule has 3 heteroatoms. The number of rotatable bonds is 3. The average Bonchev–Trinajstić information content (AvgIpc) is 2.13. The highest BCUT2D eigenvalue weighted by molar-refractivity contribution is 6.32. The van der Waals surface area contributed by atoms with Crippen LogP contribution in [0.15, 0.2) is 12.1 Å². The summed E-state index contributed by atoms with van der Waals surface area (Å²) in [6.07, 6.45) is 1.85. The fourth-order valence-corrected chi connectivity index (χ4v) is 1.56. The summed E-state index contributed by atoms with van der Waals surface area (Å²) >= 11 is 6.04. The number of benzene rings is 1. The molecular weight excluding hydrogens is 210 g/mol. The zero-order valence-corrected chi connectivity index (χ0v) is 9.93. The molecule has 0 bridgehead atoms. The summed E-state index contributed by atoms with van der Waals surface area (Å²) in [4.78, 5) is 10.9. The van der Waals surface area contributed by atoms with E-state index in [2.05, 4.69) is 0 Å². The second-order valence-corrected chi connectivity index (χ2v) is 4.20. The third-order valence-electron chi connectivity index (χ3n) is 2.35. The predicted octanol–water partition coefficient (Wildman–Crippen LogP) is 2.63. The normalized spacial score (nSPS) is 12.5. The Balaban J connectivity index is 2.92. The molecule has 1 radical (unpaired) electrons. The van der Waals surface area contributed by atoms with Gasteiger partial charge in [0.05, 0.1) is 0 Å². The molecule has 1 rings (SSSR count). The number of aryl methyl sites for hydroxylation is 2. The van der Waals surface area contributed by atoms with E-state index in [9.17, 15) is 4.79 Å². The molecule has 15 heavy (non-hydrogen) atoms. The van der Waals surface area contributed by atoms with Crippen molar-refractivity contribution in [1.29, 1.82) is 0 Å². The molecule has 0 unspecified atom stereocenters. The second-order valence-electron chi connectivity index (χ2n) is 3.83. The molecule has 1 aromatic carbocycles. The van der Waals surface area contributed by atoms with Crippen molar-refractivity contribution in [1.82, 2.24) is 0 Å². The smallest absolute Gasteiger partial charge is 0.220 e. The highest BCUT2D eigenvalue weighted by Gasteiger charge is 2.11. The zero-order valence-electron chi connectivity index (χ0n) is 9.17. The van der Waals surface area contributed by atoms with E-state index >= 15 is 0 Å². The van der Waals surface area contributed by atoms with E-state index < -0.39 is 0 Å². The number of primary amides is 1. The minimum atomic E-state index is -0.319. The largest absolute Gasteiger partial charge is 0.369 e. The van der Waals surface area contributed by atoms with Gasteiger partial charge in [-0.25, -0.2) is 0 Å². The first-order chi connectivity index (χ1) is 6.91. The zero-order chi connectivity index (χ0) is 11.6. The highest BCUT2D eigenvalue weighted by atomic mass is 35.5. The maximum atomic E-state index is 10.9. The van der Waals surface area contributed by atoms with Gasteiger partial charge in [0.15, 0.2) is 0 Å². The summed E-state index contributed by atoms with van der Waals surface area (Å²) in [6.45, 7) is 5.67. The molecular formula is C12H15ClNO. The Kier molecular flexibility index (Phi) is 3.75. The molecule has 0 aliphatic carbocycles. The van der Waals surface area contributed by atoms with E-state index in [1.807, 2.05) is 32.4 Å². The lowest BCUT2D eigenvalue weighted by atomic mass is 9.97. The molecule has 0 spiro atoms. The van der Waals surface area contributed by atoms with Gasteiger partial charge in [0.2, 0.25) is 5.91 Å². The second kappa shape index (κ2) is 4.67. The van der Waals surface area contributed by atoms with Crippen LogP contribution < -0.4 is 5.73 Å². The molecule has 0 saturated carbocycles. The Morgan fingerprint density at radius 3 is 2.27 bits per heavy atom. The maximum Gasteiger partial charge on any atom is 0.220 e. The molecule has 0 heterocycles. The van der Waals surface area contributed by atoms with Gasteiger partial charge in [-0.1, -0.05) is 30.7 Å². The lowest BCUT2D eigenvalue weighted by molar-refractivity contribution is -0.120. The standard InChI is InChI=1S/C12H15ClNO/c1-7-4-10(5-8(2)11(7)13)6-9(3)12(14)15/h4-6,9H,1-3H3,(H2,14,15)/t9-/m1/s1. The summed E-state index contributed by atoms with van der Waals surface area (Å²) < 4.78 is 0. The van der Waals surface area contributed by atoms with Gasteiger partial charge in [0, 0.05) is 17.4 Å². The number of carbonyl (C=O) groups is 1. The Morgan fingerprint density at radius 1 is 1.40 bits per heavy atom. The van der Waals surface area contributed by atoms with Crippen LogP contribution in [0, 0.1) is 26.2 Å². The summed E-state index contributed by atoms with van der Waals surface area (Å²) in [7, 11) is 0. The molecule has 0 fully saturated rings. The predicted molar refractivity (Wildman–Crippen MR) is 62.7 cm³/mol. The van der Waals surface area contributed by atoms with Crippen molar-refractivity contribution < 1.29 is 4.79 Å². The fourth-order valence-electron chi connectivity index (χ4n) is 1.45. The number of nitrogens with two attached hydrogens (primary N) is 1. The van der Waals surface area contributed by atoms with Gasteiger partial charge in [-0.2, -0.15) is 0 Å². The van der Waals surface area contributed by atoms with E-state index in [0.717, 1.165) is 21.7 Å². The lowest BCUT2D eigenvalue weighted by Crippen LogP contribution is -2.21. The topological polar surface area (TPSA) is 43.1 Å². The minimum absolute atomic E-state index is 0.259. The van der Waals surface area contributed by atoms with Crippen LogP contribution in [0.3, 0.4) is 0 Å². The Morgan fingerprint density at radius 2 is 1.87 bits per heavy atom. The Labute approximate surface area is 95.4 Å². The average molecular weight is 225 g/mol. The number of amides is 1. The first-order valence-electron chi connectivity index (χ1n) is 4.82. The van der Waals surface area contributed by atoms with Crippen LogP contribution in [0.2, 0.25) is 5.02 Å². The summed E-state index contributed by atoms with van der Waals surface area (Å²) in [5, 5.41) is 0.777. The number of carbonyl (C=O) groups excluding carboxylic acids is 1. The third-order valence-corrected chi connectivity index (χ3v) is 2.95. The van der Waals surface area contributed by atoms with Gasteiger partial charge in [-0.3, -0.25) is 4.79 Å². The van der Waals surface area contributed by atoms with Crippen molar-refractivity contribution in [2.75, 3.05) is 0 Å². The van der Waals surface area contributed by atoms with Gasteiger partial charge in [-0.15, -0.1) is 0 Å². The Hall–Kier alpha value is -1.02. The number of hydrogen-bond acceptors (Lipinski definition) is 1.